The topological polar surface area (TPSA) is 79.5 Å². The van der Waals surface area contributed by atoms with Gasteiger partial charge in [0.15, 0.2) is 16.5 Å². The first-order valence-electron chi connectivity index (χ1n) is 7.15. The van der Waals surface area contributed by atoms with Gasteiger partial charge in [0.25, 0.3) is 0 Å². The van der Waals surface area contributed by atoms with Crippen LogP contribution >= 0.6 is 11.6 Å². The fourth-order valence-electron chi connectivity index (χ4n) is 2.53. The van der Waals surface area contributed by atoms with Gasteiger partial charge in [-0.25, -0.2) is 9.50 Å². The van der Waals surface area contributed by atoms with Crippen LogP contribution in [0.4, 0.5) is 0 Å². The van der Waals surface area contributed by atoms with Crippen LogP contribution in [0.1, 0.15) is 34.8 Å². The molecule has 0 bridgehead atoms. The van der Waals surface area contributed by atoms with Gasteiger partial charge in [-0.15, -0.1) is 0 Å². The zero-order valence-electron chi connectivity index (χ0n) is 12.9. The quantitative estimate of drug-likeness (QED) is 0.596. The number of carboxylic acids is 1. The Balaban J connectivity index is 0.00000169. The molecule has 1 aromatic carbocycles. The number of aromatic nitrogens is 3. The van der Waals surface area contributed by atoms with Gasteiger partial charge in [0.2, 0.25) is 0 Å². The number of nitrogens with zero attached hydrogens (tertiary/aromatic N) is 3. The fraction of sp³-hybridized carbons (Fsp3) is 0.188. The first-order chi connectivity index (χ1) is 11.1. The maximum atomic E-state index is 11.5. The van der Waals surface area contributed by atoms with Crippen LogP contribution in [0.2, 0.25) is 5.15 Å². The molecule has 1 saturated carbocycles. The third kappa shape index (κ3) is 3.13. The van der Waals surface area contributed by atoms with Crippen LogP contribution in [0.15, 0.2) is 36.5 Å². The smallest absolute Gasteiger partial charge is 0.543 e. The van der Waals surface area contributed by atoms with Gasteiger partial charge in [0.05, 0.1) is 12.2 Å². The first-order valence-corrected chi connectivity index (χ1v) is 7.53. The van der Waals surface area contributed by atoms with Gasteiger partial charge in [-0.1, -0.05) is 23.7 Å². The molecular formula is C16H11ClLiN3O3. The van der Waals surface area contributed by atoms with Crippen molar-refractivity contribution in [3.05, 3.63) is 52.9 Å². The molecule has 8 heteroatoms. The first kappa shape index (κ1) is 16.8. The number of ether oxygens (including phenoxy) is 1. The molecule has 2 aromatic heterocycles. The monoisotopic (exact) mass is 335 g/mol. The normalized spacial score (nSPS) is 13.5. The molecule has 0 radical (unpaired) electrons. The summed E-state index contributed by atoms with van der Waals surface area (Å²) in [6.45, 7) is 0. The molecule has 0 atom stereocenters. The zero-order valence-corrected chi connectivity index (χ0v) is 13.7. The van der Waals surface area contributed by atoms with E-state index in [1.807, 2.05) is 18.2 Å². The van der Waals surface area contributed by atoms with E-state index in [0.29, 0.717) is 17.3 Å². The van der Waals surface area contributed by atoms with Crippen LogP contribution < -0.4 is 28.7 Å². The Hall–Kier alpha value is -2.00. The summed E-state index contributed by atoms with van der Waals surface area (Å²) in [5, 5.41) is 15.6. The molecule has 0 N–H and O–H groups in total. The van der Waals surface area contributed by atoms with E-state index in [1.54, 1.807) is 6.07 Å². The molecule has 116 valence electrons. The van der Waals surface area contributed by atoms with Gasteiger partial charge in [0, 0.05) is 6.07 Å². The molecule has 0 spiro atoms. The molecule has 0 saturated heterocycles. The van der Waals surface area contributed by atoms with Crippen LogP contribution in [-0.2, 0) is 0 Å². The number of carboxylic acid groups (broad SMARTS) is 1. The van der Waals surface area contributed by atoms with Crippen LogP contribution in [-0.4, -0.2) is 20.6 Å². The summed E-state index contributed by atoms with van der Waals surface area (Å²) < 4.78 is 6.83. The Kier molecular flexibility index (Phi) is 4.55. The number of halogens is 1. The summed E-state index contributed by atoms with van der Waals surface area (Å²) in [7, 11) is 0. The van der Waals surface area contributed by atoms with Crippen molar-refractivity contribution < 1.29 is 33.5 Å². The molecule has 0 aliphatic heterocycles. The number of carbonyl (C=O) groups is 1. The molecule has 1 fully saturated rings. The minimum absolute atomic E-state index is 0. The molecule has 24 heavy (non-hydrogen) atoms. The molecule has 1 aliphatic rings. The SMILES string of the molecule is O=C([O-])c1c(Oc2cccc(C3CC3)c2)cnc2cc(Cl)nn12.[Li+]. The van der Waals surface area contributed by atoms with E-state index in [2.05, 4.69) is 10.1 Å². The number of benzene rings is 1. The van der Waals surface area contributed by atoms with Gasteiger partial charge in [0.1, 0.15) is 11.4 Å². The second kappa shape index (κ2) is 6.48. The Morgan fingerprint density at radius 2 is 2.12 bits per heavy atom. The molecule has 3 aromatic rings. The van der Waals surface area contributed by atoms with Gasteiger partial charge in [-0.2, -0.15) is 5.10 Å². The van der Waals surface area contributed by atoms with Crippen molar-refractivity contribution >= 4 is 23.2 Å². The Morgan fingerprint density at radius 3 is 2.83 bits per heavy atom. The van der Waals surface area contributed by atoms with Crippen LogP contribution in [0.5, 0.6) is 11.5 Å². The minimum atomic E-state index is -1.41. The van der Waals surface area contributed by atoms with Crippen LogP contribution in [0.3, 0.4) is 0 Å². The van der Waals surface area contributed by atoms with E-state index < -0.39 is 5.97 Å². The number of carbonyl (C=O) groups excluding carboxylic acids is 1. The predicted molar refractivity (Wildman–Crippen MR) is 80.8 cm³/mol. The predicted octanol–water partition coefficient (Wildman–Crippen LogP) is -0.580. The van der Waals surface area contributed by atoms with E-state index in [4.69, 9.17) is 16.3 Å². The second-order valence-corrected chi connectivity index (χ2v) is 5.83. The number of rotatable bonds is 4. The minimum Gasteiger partial charge on any atom is -0.543 e. The zero-order chi connectivity index (χ0) is 16.0. The number of aromatic carboxylic acids is 1. The molecule has 0 unspecified atom stereocenters. The van der Waals surface area contributed by atoms with Crippen molar-refractivity contribution in [1.82, 2.24) is 14.6 Å². The van der Waals surface area contributed by atoms with Gasteiger partial charge < -0.3 is 14.6 Å². The Bertz CT molecular complexity index is 924. The summed E-state index contributed by atoms with van der Waals surface area (Å²) in [5.74, 6) is -0.225. The molecule has 1 aliphatic carbocycles. The average molecular weight is 336 g/mol. The van der Waals surface area contributed by atoms with Gasteiger partial charge >= 0.3 is 18.9 Å². The van der Waals surface area contributed by atoms with Gasteiger partial charge in [-0.3, -0.25) is 0 Å². The van der Waals surface area contributed by atoms with E-state index in [-0.39, 0.29) is 35.5 Å². The number of hydrogen-bond acceptors (Lipinski definition) is 5. The van der Waals surface area contributed by atoms with Crippen molar-refractivity contribution in [3.8, 4) is 11.5 Å². The molecular weight excluding hydrogens is 325 g/mol. The number of fused-ring (bicyclic) bond motifs is 1. The Morgan fingerprint density at radius 1 is 1.33 bits per heavy atom. The van der Waals surface area contributed by atoms with E-state index in [0.717, 1.165) is 4.52 Å². The summed E-state index contributed by atoms with van der Waals surface area (Å²) in [5.41, 5.74) is 1.28. The molecule has 2 heterocycles. The number of hydrogen-bond donors (Lipinski definition) is 0. The largest absolute Gasteiger partial charge is 1.00 e. The van der Waals surface area contributed by atoms with Crippen molar-refractivity contribution in [2.24, 2.45) is 0 Å². The molecule has 6 nitrogen and oxygen atoms in total. The maximum Gasteiger partial charge on any atom is 1.00 e. The summed E-state index contributed by atoms with van der Waals surface area (Å²) in [6.07, 6.45) is 3.68. The summed E-state index contributed by atoms with van der Waals surface area (Å²) in [6, 6.07) is 9.07. The van der Waals surface area contributed by atoms with Crippen molar-refractivity contribution in [1.29, 1.82) is 0 Å². The average Bonchev–Trinajstić information content (AvgIpc) is 3.29. The van der Waals surface area contributed by atoms with Crippen molar-refractivity contribution in [3.63, 3.8) is 0 Å². The van der Waals surface area contributed by atoms with E-state index in [1.165, 1.54) is 30.7 Å². The maximum absolute atomic E-state index is 11.5. The third-order valence-electron chi connectivity index (χ3n) is 3.75. The van der Waals surface area contributed by atoms with E-state index >= 15 is 0 Å². The Labute approximate surface area is 154 Å². The second-order valence-electron chi connectivity index (χ2n) is 5.44. The van der Waals surface area contributed by atoms with Crippen molar-refractivity contribution in [2.45, 2.75) is 18.8 Å². The van der Waals surface area contributed by atoms with Crippen LogP contribution in [0.25, 0.3) is 5.65 Å². The van der Waals surface area contributed by atoms with Crippen LogP contribution in [0, 0.1) is 0 Å². The molecule has 0 amide bonds. The van der Waals surface area contributed by atoms with Gasteiger partial charge in [-0.05, 0) is 36.5 Å². The standard InChI is InChI=1S/C16H12ClN3O3.Li/c17-13-7-14-18-8-12(15(16(21)22)20(14)19-13)23-11-3-1-2-10(6-11)9-4-5-9;/h1-3,6-9H,4-5H2,(H,21,22);/q;+1/p-1. The van der Waals surface area contributed by atoms with Crippen molar-refractivity contribution in [2.75, 3.05) is 0 Å². The fourth-order valence-corrected chi connectivity index (χ4v) is 2.70. The third-order valence-corrected chi connectivity index (χ3v) is 3.93. The summed E-state index contributed by atoms with van der Waals surface area (Å²) in [4.78, 5) is 15.6. The summed E-state index contributed by atoms with van der Waals surface area (Å²) >= 11 is 5.81. The molecule has 4 rings (SSSR count). The van der Waals surface area contributed by atoms with E-state index in [9.17, 15) is 9.90 Å².